The fourth-order valence-corrected chi connectivity index (χ4v) is 1.63. The van der Waals surface area contributed by atoms with Gasteiger partial charge in [-0.25, -0.2) is 14.8 Å². The maximum atomic E-state index is 12.1. The summed E-state index contributed by atoms with van der Waals surface area (Å²) in [7, 11) is 3.90. The minimum absolute atomic E-state index is 0.378. The summed E-state index contributed by atoms with van der Waals surface area (Å²) < 4.78 is 5.88. The highest BCUT2D eigenvalue weighted by Gasteiger charge is 2.18. The van der Waals surface area contributed by atoms with Crippen LogP contribution in [0.1, 0.15) is 19.8 Å². The Hall–Kier alpha value is -1.21. The molecule has 1 aromatic rings. The van der Waals surface area contributed by atoms with Crippen molar-refractivity contribution in [3.05, 3.63) is 17.0 Å². The minimum Gasteiger partial charge on any atom is -0.449 e. The SMILES string of the molecule is CCCCOC(=O)N(CCN(C)C)c1cnc(Br)cn1. The topological polar surface area (TPSA) is 58.6 Å². The standard InChI is InChI=1S/C13H21BrN4O2/c1-4-5-8-20-13(19)18(7-6-17(2)3)12-10-15-11(14)9-16-12/h9-10H,4-8H2,1-3H3. The van der Waals surface area contributed by atoms with Crippen LogP contribution in [0.5, 0.6) is 0 Å². The Labute approximate surface area is 128 Å². The summed E-state index contributed by atoms with van der Waals surface area (Å²) in [6, 6.07) is 0. The first-order valence-corrected chi connectivity index (χ1v) is 7.40. The Bertz CT molecular complexity index is 411. The first-order chi connectivity index (χ1) is 9.54. The molecular weight excluding hydrogens is 324 g/mol. The van der Waals surface area contributed by atoms with E-state index in [4.69, 9.17) is 4.74 Å². The number of rotatable bonds is 7. The second kappa shape index (κ2) is 8.86. The Kier molecular flexibility index (Phi) is 7.46. The summed E-state index contributed by atoms with van der Waals surface area (Å²) in [5, 5.41) is 0. The van der Waals surface area contributed by atoms with Crippen LogP contribution < -0.4 is 4.90 Å². The number of aromatic nitrogens is 2. The smallest absolute Gasteiger partial charge is 0.415 e. The highest BCUT2D eigenvalue weighted by molar-refractivity contribution is 9.10. The van der Waals surface area contributed by atoms with E-state index in [1.165, 1.54) is 4.90 Å². The van der Waals surface area contributed by atoms with Crippen LogP contribution >= 0.6 is 15.9 Å². The van der Waals surface area contributed by atoms with Crippen molar-refractivity contribution in [2.75, 3.05) is 38.7 Å². The number of amides is 1. The lowest BCUT2D eigenvalue weighted by Gasteiger charge is -2.22. The number of carbonyl (C=O) groups excluding carboxylic acids is 1. The predicted molar refractivity (Wildman–Crippen MR) is 81.9 cm³/mol. The molecule has 1 aromatic heterocycles. The van der Waals surface area contributed by atoms with Crippen LogP contribution in [-0.2, 0) is 4.74 Å². The van der Waals surface area contributed by atoms with Crippen molar-refractivity contribution in [2.24, 2.45) is 0 Å². The third kappa shape index (κ3) is 5.83. The summed E-state index contributed by atoms with van der Waals surface area (Å²) in [5.41, 5.74) is 0. The first kappa shape index (κ1) is 16.8. The Balaban J connectivity index is 2.73. The third-order valence-electron chi connectivity index (χ3n) is 2.60. The van der Waals surface area contributed by atoms with Gasteiger partial charge in [0.1, 0.15) is 4.60 Å². The number of ether oxygens (including phenoxy) is 1. The quantitative estimate of drug-likeness (QED) is 0.711. The normalized spacial score (nSPS) is 10.7. The summed E-state index contributed by atoms with van der Waals surface area (Å²) in [6.45, 7) is 3.71. The van der Waals surface area contributed by atoms with Gasteiger partial charge < -0.3 is 9.64 Å². The van der Waals surface area contributed by atoms with Gasteiger partial charge in [-0.1, -0.05) is 13.3 Å². The van der Waals surface area contributed by atoms with E-state index in [1.54, 1.807) is 12.4 Å². The zero-order chi connectivity index (χ0) is 15.0. The van der Waals surface area contributed by atoms with Gasteiger partial charge in [0.2, 0.25) is 0 Å². The van der Waals surface area contributed by atoms with Crippen LogP contribution in [0.4, 0.5) is 10.6 Å². The van der Waals surface area contributed by atoms with Gasteiger partial charge in [-0.05, 0) is 36.4 Å². The van der Waals surface area contributed by atoms with Crippen molar-refractivity contribution in [1.29, 1.82) is 0 Å². The predicted octanol–water partition coefficient (Wildman–Crippen LogP) is 2.54. The van der Waals surface area contributed by atoms with E-state index in [2.05, 4.69) is 32.8 Å². The van der Waals surface area contributed by atoms with Gasteiger partial charge >= 0.3 is 6.09 Å². The van der Waals surface area contributed by atoms with Crippen LogP contribution in [0.15, 0.2) is 17.0 Å². The molecule has 0 spiro atoms. The molecule has 0 atom stereocenters. The molecule has 0 bridgehead atoms. The molecule has 0 aromatic carbocycles. The van der Waals surface area contributed by atoms with Crippen molar-refractivity contribution >= 4 is 27.8 Å². The van der Waals surface area contributed by atoms with Crippen molar-refractivity contribution in [1.82, 2.24) is 14.9 Å². The number of nitrogens with zero attached hydrogens (tertiary/aromatic N) is 4. The monoisotopic (exact) mass is 344 g/mol. The van der Waals surface area contributed by atoms with Gasteiger partial charge in [-0.2, -0.15) is 0 Å². The zero-order valence-corrected chi connectivity index (χ0v) is 13.8. The van der Waals surface area contributed by atoms with Gasteiger partial charge in [-0.15, -0.1) is 0 Å². The van der Waals surface area contributed by atoms with Crippen LogP contribution in [-0.4, -0.2) is 54.8 Å². The van der Waals surface area contributed by atoms with E-state index < -0.39 is 0 Å². The van der Waals surface area contributed by atoms with Crippen LogP contribution in [0.3, 0.4) is 0 Å². The van der Waals surface area contributed by atoms with Crippen LogP contribution in [0.25, 0.3) is 0 Å². The van der Waals surface area contributed by atoms with Gasteiger partial charge in [0.15, 0.2) is 5.82 Å². The number of unbranched alkanes of at least 4 members (excludes halogenated alkanes) is 1. The Morgan fingerprint density at radius 3 is 2.60 bits per heavy atom. The molecular formula is C13H21BrN4O2. The molecule has 0 aliphatic heterocycles. The van der Waals surface area contributed by atoms with E-state index in [1.807, 2.05) is 19.0 Å². The maximum Gasteiger partial charge on any atom is 0.415 e. The molecule has 0 fully saturated rings. The molecule has 0 radical (unpaired) electrons. The van der Waals surface area contributed by atoms with Crippen LogP contribution in [0.2, 0.25) is 0 Å². The second-order valence-corrected chi connectivity index (χ2v) is 5.43. The molecule has 20 heavy (non-hydrogen) atoms. The van der Waals surface area contributed by atoms with Gasteiger partial charge in [0, 0.05) is 13.1 Å². The van der Waals surface area contributed by atoms with E-state index in [9.17, 15) is 4.79 Å². The lowest BCUT2D eigenvalue weighted by Crippen LogP contribution is -2.38. The van der Waals surface area contributed by atoms with E-state index >= 15 is 0 Å². The number of carbonyl (C=O) groups is 1. The number of likely N-dealkylation sites (N-methyl/N-ethyl adjacent to an activating group) is 1. The molecule has 6 nitrogen and oxygen atoms in total. The fraction of sp³-hybridized carbons (Fsp3) is 0.615. The summed E-state index contributed by atoms with van der Waals surface area (Å²) >= 11 is 3.23. The lowest BCUT2D eigenvalue weighted by atomic mass is 10.4. The van der Waals surface area contributed by atoms with Crippen molar-refractivity contribution in [3.63, 3.8) is 0 Å². The highest BCUT2D eigenvalue weighted by Crippen LogP contribution is 2.13. The number of hydrogen-bond acceptors (Lipinski definition) is 5. The summed E-state index contributed by atoms with van der Waals surface area (Å²) in [4.78, 5) is 23.9. The van der Waals surface area contributed by atoms with Gasteiger partial charge in [0.05, 0.1) is 19.0 Å². The summed E-state index contributed by atoms with van der Waals surface area (Å²) in [5.74, 6) is 0.497. The highest BCUT2D eigenvalue weighted by atomic mass is 79.9. The number of anilines is 1. The Morgan fingerprint density at radius 2 is 2.05 bits per heavy atom. The largest absolute Gasteiger partial charge is 0.449 e. The molecule has 1 heterocycles. The molecule has 0 unspecified atom stereocenters. The van der Waals surface area contributed by atoms with Gasteiger partial charge in [-0.3, -0.25) is 4.90 Å². The molecule has 1 rings (SSSR count). The van der Waals surface area contributed by atoms with Crippen molar-refractivity contribution < 1.29 is 9.53 Å². The lowest BCUT2D eigenvalue weighted by molar-refractivity contribution is 0.151. The van der Waals surface area contributed by atoms with Crippen LogP contribution in [0, 0.1) is 0 Å². The minimum atomic E-state index is -0.378. The molecule has 1 amide bonds. The van der Waals surface area contributed by atoms with E-state index in [-0.39, 0.29) is 6.09 Å². The average molecular weight is 345 g/mol. The van der Waals surface area contributed by atoms with Crippen molar-refractivity contribution in [2.45, 2.75) is 19.8 Å². The van der Waals surface area contributed by atoms with Crippen molar-refractivity contribution in [3.8, 4) is 0 Å². The molecule has 0 saturated heterocycles. The average Bonchev–Trinajstić information content (AvgIpc) is 2.41. The van der Waals surface area contributed by atoms with E-state index in [0.717, 1.165) is 19.4 Å². The Morgan fingerprint density at radius 1 is 1.30 bits per heavy atom. The molecule has 0 aliphatic rings. The first-order valence-electron chi connectivity index (χ1n) is 6.61. The number of halogens is 1. The molecule has 112 valence electrons. The second-order valence-electron chi connectivity index (χ2n) is 4.62. The maximum absolute atomic E-state index is 12.1. The summed E-state index contributed by atoms with van der Waals surface area (Å²) in [6.07, 6.45) is 4.59. The fourth-order valence-electron chi connectivity index (χ4n) is 1.43. The zero-order valence-electron chi connectivity index (χ0n) is 12.2. The number of hydrogen-bond donors (Lipinski definition) is 0. The molecule has 0 aliphatic carbocycles. The third-order valence-corrected chi connectivity index (χ3v) is 3.01. The molecule has 0 N–H and O–H groups in total. The van der Waals surface area contributed by atoms with Gasteiger partial charge in [0.25, 0.3) is 0 Å². The molecule has 7 heteroatoms. The van der Waals surface area contributed by atoms with E-state index in [0.29, 0.717) is 23.6 Å². The molecule has 0 saturated carbocycles.